The second kappa shape index (κ2) is 16.1. The molecule has 1 unspecified atom stereocenters. The number of carbonyl (C=O) groups is 2. The number of carboxylic acid groups (broad SMARTS) is 1. The molecule has 0 radical (unpaired) electrons. The monoisotopic (exact) mass is 771 g/mol. The number of nitrogens with zero attached hydrogens (tertiary/aromatic N) is 2. The van der Waals surface area contributed by atoms with E-state index in [1.807, 2.05) is 0 Å². The molecule has 16 heteroatoms. The van der Waals surface area contributed by atoms with Gasteiger partial charge in [0, 0.05) is 42.4 Å². The Hall–Kier alpha value is -3.44. The Morgan fingerprint density at radius 3 is 2.40 bits per heavy atom. The fraction of sp³-hybridized carbons (Fsp3) is 0.622. The number of methoxy groups -OCH3 is 1. The number of rotatable bonds is 13. The third-order valence-electron chi connectivity index (χ3n) is 11.8. The largest absolute Gasteiger partial charge is 0.497 e. The van der Waals surface area contributed by atoms with Crippen molar-refractivity contribution in [1.82, 2.24) is 10.4 Å². The van der Waals surface area contributed by atoms with Crippen LogP contribution in [0.25, 0.3) is 11.1 Å². The highest BCUT2D eigenvalue weighted by Crippen LogP contribution is 2.48. The van der Waals surface area contributed by atoms with Crippen molar-refractivity contribution in [3.63, 3.8) is 0 Å². The topological polar surface area (TPSA) is 166 Å². The maximum Gasteiger partial charge on any atom is 0.497 e. The number of halogens is 3. The molecule has 1 aliphatic carbocycles. The number of ether oxygens (including phenoxy) is 1. The zero-order valence-corrected chi connectivity index (χ0v) is 32.2. The van der Waals surface area contributed by atoms with Crippen LogP contribution < -0.4 is 15.0 Å². The number of sulfone groups is 1. The molecule has 1 saturated heterocycles. The Balaban J connectivity index is 1.69. The fourth-order valence-electron chi connectivity index (χ4n) is 7.67. The number of anilines is 1. The lowest BCUT2D eigenvalue weighted by Gasteiger charge is -2.50. The molecule has 1 saturated carbocycles. The maximum atomic E-state index is 14.2. The summed E-state index contributed by atoms with van der Waals surface area (Å²) < 4.78 is 68.2. The standard InChI is InChI=1S/C37H52F3N3O9S/c1-20-14-29(21(2)22(3)36(20,5)6)41-34(46)32-31(23(4)45)30(19-44)52-43(32)18-24-10-9-11-28(33(24)51-8)25-15-26(35(47)48)17-27(16-25)42(7)12-13-53(49,50)37(38,39)40/h9-11,15-17,20-23,29-32,44-45H,12-14,18-19H2,1-8H3,(H,41,46)(H,47,48)/t20-,21+,22+,23+,29+,30+,31?,32+/m1/s1. The van der Waals surface area contributed by atoms with Gasteiger partial charge in [-0.1, -0.05) is 52.8 Å². The van der Waals surface area contributed by atoms with Crippen molar-refractivity contribution >= 4 is 27.4 Å². The molecule has 8 atom stereocenters. The van der Waals surface area contributed by atoms with Gasteiger partial charge in [0.2, 0.25) is 15.7 Å². The van der Waals surface area contributed by atoms with Crippen molar-refractivity contribution in [2.75, 3.05) is 38.0 Å². The first-order valence-electron chi connectivity index (χ1n) is 17.6. The van der Waals surface area contributed by atoms with Crippen LogP contribution in [0.2, 0.25) is 0 Å². The Bertz CT molecular complexity index is 1750. The first-order chi connectivity index (χ1) is 24.5. The van der Waals surface area contributed by atoms with Crippen LogP contribution in [0.15, 0.2) is 36.4 Å². The van der Waals surface area contributed by atoms with E-state index in [0.717, 1.165) is 6.42 Å². The molecular formula is C37H52F3N3O9S. The molecule has 2 aromatic rings. The molecule has 1 aliphatic heterocycles. The molecule has 12 nitrogen and oxygen atoms in total. The van der Waals surface area contributed by atoms with Crippen molar-refractivity contribution < 1.29 is 56.1 Å². The van der Waals surface area contributed by atoms with Crippen LogP contribution in [0.4, 0.5) is 18.9 Å². The molecule has 1 heterocycles. The molecular weight excluding hydrogens is 719 g/mol. The molecule has 0 bridgehead atoms. The summed E-state index contributed by atoms with van der Waals surface area (Å²) in [6.07, 6.45) is -1.16. The number of benzene rings is 2. The van der Waals surface area contributed by atoms with Gasteiger partial charge in [-0.05, 0) is 60.3 Å². The lowest BCUT2D eigenvalue weighted by Crippen LogP contribution is -2.56. The third kappa shape index (κ3) is 8.77. The van der Waals surface area contributed by atoms with Crippen molar-refractivity contribution in [1.29, 1.82) is 0 Å². The molecule has 1 amide bonds. The highest BCUT2D eigenvalue weighted by atomic mass is 32.2. The number of para-hydroxylation sites is 1. The van der Waals surface area contributed by atoms with Crippen molar-refractivity contribution in [2.45, 2.75) is 84.3 Å². The Morgan fingerprint density at radius 1 is 1.17 bits per heavy atom. The predicted octanol–water partition coefficient (Wildman–Crippen LogP) is 4.73. The van der Waals surface area contributed by atoms with Gasteiger partial charge in [-0.3, -0.25) is 9.63 Å². The van der Waals surface area contributed by atoms with Gasteiger partial charge in [-0.2, -0.15) is 18.2 Å². The van der Waals surface area contributed by atoms with E-state index >= 15 is 0 Å². The molecule has 2 fully saturated rings. The third-order valence-corrected chi connectivity index (χ3v) is 13.2. The molecule has 2 aromatic carbocycles. The van der Waals surface area contributed by atoms with E-state index in [9.17, 15) is 46.5 Å². The quantitative estimate of drug-likeness (QED) is 0.223. The van der Waals surface area contributed by atoms with Crippen LogP contribution in [0.1, 0.15) is 63.9 Å². The summed E-state index contributed by atoms with van der Waals surface area (Å²) in [4.78, 5) is 33.7. The van der Waals surface area contributed by atoms with Gasteiger partial charge in [0.25, 0.3) is 0 Å². The van der Waals surface area contributed by atoms with Crippen LogP contribution in [0, 0.1) is 29.1 Å². The van der Waals surface area contributed by atoms with Gasteiger partial charge in [0.05, 0.1) is 37.7 Å². The van der Waals surface area contributed by atoms with Crippen LogP contribution in [-0.4, -0.2) is 104 Å². The average Bonchev–Trinajstić information content (AvgIpc) is 3.46. The molecule has 0 aromatic heterocycles. The first kappa shape index (κ1) is 42.3. The van der Waals surface area contributed by atoms with Gasteiger partial charge < -0.3 is 30.3 Å². The van der Waals surface area contributed by atoms with E-state index in [4.69, 9.17) is 9.57 Å². The summed E-state index contributed by atoms with van der Waals surface area (Å²) in [5.74, 6) is -2.62. The smallest absolute Gasteiger partial charge is 0.496 e. The zero-order valence-electron chi connectivity index (χ0n) is 31.3. The number of amides is 1. The Labute approximate surface area is 309 Å². The van der Waals surface area contributed by atoms with E-state index in [1.54, 1.807) is 25.1 Å². The van der Waals surface area contributed by atoms with Crippen molar-refractivity contribution in [3.05, 3.63) is 47.5 Å². The number of alkyl halides is 3. The van der Waals surface area contributed by atoms with Crippen LogP contribution in [0.3, 0.4) is 0 Å². The number of aliphatic hydroxyl groups excluding tert-OH is 2. The lowest BCUT2D eigenvalue weighted by molar-refractivity contribution is -0.182. The van der Waals surface area contributed by atoms with Crippen LogP contribution in [0.5, 0.6) is 5.75 Å². The van der Waals surface area contributed by atoms with E-state index in [1.165, 1.54) is 42.3 Å². The van der Waals surface area contributed by atoms with Crippen LogP contribution in [-0.2, 0) is 26.0 Å². The summed E-state index contributed by atoms with van der Waals surface area (Å²) in [6, 6.07) is 8.00. The molecule has 53 heavy (non-hydrogen) atoms. The second-order valence-corrected chi connectivity index (χ2v) is 17.2. The minimum Gasteiger partial charge on any atom is -0.496 e. The van der Waals surface area contributed by atoms with Crippen molar-refractivity contribution in [2.24, 2.45) is 29.1 Å². The van der Waals surface area contributed by atoms with Gasteiger partial charge >= 0.3 is 11.5 Å². The number of carboxylic acids is 1. The number of aromatic carboxylic acids is 1. The average molecular weight is 772 g/mol. The van der Waals surface area contributed by atoms with E-state index in [0.29, 0.717) is 28.5 Å². The number of aliphatic hydroxyl groups is 2. The normalized spacial score (nSPS) is 26.9. The molecule has 4 N–H and O–H groups in total. The van der Waals surface area contributed by atoms with Gasteiger partial charge in [0.1, 0.15) is 17.9 Å². The number of hydrogen-bond donors (Lipinski definition) is 4. The molecule has 296 valence electrons. The summed E-state index contributed by atoms with van der Waals surface area (Å²) in [6.45, 7) is 11.4. The molecule has 2 aliphatic rings. The minimum atomic E-state index is -5.43. The maximum absolute atomic E-state index is 14.2. The van der Waals surface area contributed by atoms with Gasteiger partial charge in [-0.15, -0.1) is 0 Å². The van der Waals surface area contributed by atoms with Crippen LogP contribution >= 0.6 is 0 Å². The summed E-state index contributed by atoms with van der Waals surface area (Å²) in [7, 11) is -2.67. The first-order valence-corrected chi connectivity index (χ1v) is 19.3. The van der Waals surface area contributed by atoms with E-state index in [-0.39, 0.29) is 46.8 Å². The predicted molar refractivity (Wildman–Crippen MR) is 193 cm³/mol. The number of carbonyl (C=O) groups excluding carboxylic acids is 1. The highest BCUT2D eigenvalue weighted by molar-refractivity contribution is 7.92. The number of hydroxylamine groups is 2. The SMILES string of the molecule is COc1c(CN2O[C@@H](CO)C([C@H](C)O)[C@H]2C(=O)N[C@H]2C[C@@H](C)C(C)(C)[C@@H](C)[C@@H]2C)cccc1-c1cc(C(=O)O)cc(N(C)CCS(=O)(=O)C(F)(F)F)c1. The summed E-state index contributed by atoms with van der Waals surface area (Å²) in [5.41, 5.74) is -4.19. The Morgan fingerprint density at radius 2 is 1.83 bits per heavy atom. The fourth-order valence-corrected chi connectivity index (χ4v) is 8.41. The minimum absolute atomic E-state index is 0.0461. The molecule has 0 spiro atoms. The lowest BCUT2D eigenvalue weighted by atomic mass is 9.58. The Kier molecular flexibility index (Phi) is 12.9. The number of hydrogen-bond acceptors (Lipinski definition) is 10. The van der Waals surface area contributed by atoms with Gasteiger partial charge in [-0.25, -0.2) is 13.2 Å². The van der Waals surface area contributed by atoms with Crippen molar-refractivity contribution in [3.8, 4) is 16.9 Å². The summed E-state index contributed by atoms with van der Waals surface area (Å²) in [5, 5.41) is 35.7. The van der Waals surface area contributed by atoms with E-state index < -0.39 is 64.4 Å². The summed E-state index contributed by atoms with van der Waals surface area (Å²) >= 11 is 0. The highest BCUT2D eigenvalue weighted by Gasteiger charge is 2.51. The zero-order chi connectivity index (χ0) is 39.8. The van der Waals surface area contributed by atoms with E-state index in [2.05, 4.69) is 39.9 Å². The van der Waals surface area contributed by atoms with Gasteiger partial charge in [0.15, 0.2) is 0 Å². The molecule has 4 rings (SSSR count). The second-order valence-electron chi connectivity index (χ2n) is 15.1. The number of nitrogens with one attached hydrogen (secondary N) is 1.